The van der Waals surface area contributed by atoms with Crippen LogP contribution < -0.4 is 0 Å². The fourth-order valence-electron chi connectivity index (χ4n) is 2.75. The predicted octanol–water partition coefficient (Wildman–Crippen LogP) is 4.06. The van der Waals surface area contributed by atoms with Crippen molar-refractivity contribution in [3.05, 3.63) is 71.5 Å². The molecule has 0 aliphatic heterocycles. The Labute approximate surface area is 153 Å². The molecule has 128 valence electrons. The van der Waals surface area contributed by atoms with E-state index in [-0.39, 0.29) is 5.69 Å². The van der Waals surface area contributed by atoms with Crippen molar-refractivity contribution in [1.29, 1.82) is 0 Å². The van der Waals surface area contributed by atoms with Crippen LogP contribution in [0, 0.1) is 6.92 Å². The highest BCUT2D eigenvalue weighted by molar-refractivity contribution is 7.13. The minimum absolute atomic E-state index is 0.0245. The fourth-order valence-corrected chi connectivity index (χ4v) is 3.59. The molecule has 0 radical (unpaired) electrons. The molecule has 1 N–H and O–H groups in total. The monoisotopic (exact) mass is 362 g/mol. The van der Waals surface area contributed by atoms with E-state index in [2.05, 4.69) is 27.4 Å². The van der Waals surface area contributed by atoms with Gasteiger partial charge in [-0.2, -0.15) is 0 Å². The van der Waals surface area contributed by atoms with Crippen LogP contribution in [0.1, 0.15) is 16.2 Å². The number of nitrogens with zero attached hydrogens (tertiary/aromatic N) is 4. The average Bonchev–Trinajstić information content (AvgIpc) is 3.31. The Morgan fingerprint density at radius 2 is 1.81 bits per heavy atom. The SMILES string of the molecule is Cc1csc(-c2ccccc2-c2ccc(-n3nncc3C(=O)O)cc2)n1. The zero-order valence-electron chi connectivity index (χ0n) is 13.8. The van der Waals surface area contributed by atoms with E-state index < -0.39 is 5.97 Å². The Kier molecular flexibility index (Phi) is 4.06. The summed E-state index contributed by atoms with van der Waals surface area (Å²) < 4.78 is 1.31. The van der Waals surface area contributed by atoms with Crippen molar-refractivity contribution < 1.29 is 9.90 Å². The largest absolute Gasteiger partial charge is 0.476 e. The maximum Gasteiger partial charge on any atom is 0.356 e. The zero-order valence-corrected chi connectivity index (χ0v) is 14.6. The number of rotatable bonds is 4. The Morgan fingerprint density at radius 3 is 2.46 bits per heavy atom. The van der Waals surface area contributed by atoms with Crippen LogP contribution in [0.4, 0.5) is 0 Å². The lowest BCUT2D eigenvalue weighted by molar-refractivity contribution is 0.0687. The van der Waals surface area contributed by atoms with E-state index in [1.165, 1.54) is 10.9 Å². The zero-order chi connectivity index (χ0) is 18.1. The molecule has 0 spiro atoms. The number of carbonyl (C=O) groups is 1. The van der Waals surface area contributed by atoms with Crippen molar-refractivity contribution in [1.82, 2.24) is 20.0 Å². The molecule has 26 heavy (non-hydrogen) atoms. The predicted molar refractivity (Wildman–Crippen MR) is 99.6 cm³/mol. The molecule has 0 saturated heterocycles. The van der Waals surface area contributed by atoms with Crippen molar-refractivity contribution in [2.45, 2.75) is 6.92 Å². The Hall–Kier alpha value is -3.32. The molecule has 0 saturated carbocycles. The molecule has 0 bridgehead atoms. The summed E-state index contributed by atoms with van der Waals surface area (Å²) in [6.07, 6.45) is 1.23. The van der Waals surface area contributed by atoms with Gasteiger partial charge in [0.25, 0.3) is 0 Å². The summed E-state index contributed by atoms with van der Waals surface area (Å²) in [5, 5.41) is 19.8. The van der Waals surface area contributed by atoms with E-state index in [1.807, 2.05) is 48.7 Å². The molecule has 0 atom stereocenters. The summed E-state index contributed by atoms with van der Waals surface area (Å²) in [6.45, 7) is 1.98. The van der Waals surface area contributed by atoms with Gasteiger partial charge in [-0.05, 0) is 30.2 Å². The summed E-state index contributed by atoms with van der Waals surface area (Å²) in [4.78, 5) is 15.8. The van der Waals surface area contributed by atoms with Crippen LogP contribution in [-0.2, 0) is 0 Å². The molecule has 4 aromatic rings. The van der Waals surface area contributed by atoms with E-state index in [0.717, 1.165) is 27.4 Å². The molecule has 0 unspecified atom stereocenters. The molecule has 2 aromatic heterocycles. The number of aryl methyl sites for hydroxylation is 1. The molecule has 4 rings (SSSR count). The van der Waals surface area contributed by atoms with E-state index in [4.69, 9.17) is 0 Å². The standard InChI is InChI=1S/C19H14N4O2S/c1-12-11-26-18(21-12)16-5-3-2-4-15(16)13-6-8-14(9-7-13)23-17(19(24)25)10-20-22-23/h2-11H,1H3,(H,24,25). The first-order valence-electron chi connectivity index (χ1n) is 7.90. The quantitative estimate of drug-likeness (QED) is 0.592. The molecular formula is C19H14N4O2S. The molecule has 2 heterocycles. The van der Waals surface area contributed by atoms with Gasteiger partial charge >= 0.3 is 5.97 Å². The summed E-state index contributed by atoms with van der Waals surface area (Å²) in [5.74, 6) is -1.07. The minimum Gasteiger partial charge on any atom is -0.476 e. The number of benzene rings is 2. The van der Waals surface area contributed by atoms with Crippen LogP contribution in [0.5, 0.6) is 0 Å². The molecule has 0 aliphatic carbocycles. The molecular weight excluding hydrogens is 348 g/mol. The van der Waals surface area contributed by atoms with Gasteiger partial charge in [0.1, 0.15) is 5.01 Å². The van der Waals surface area contributed by atoms with Gasteiger partial charge in [0.05, 0.1) is 11.9 Å². The van der Waals surface area contributed by atoms with Crippen LogP contribution in [0.25, 0.3) is 27.4 Å². The summed E-state index contributed by atoms with van der Waals surface area (Å²) >= 11 is 1.62. The van der Waals surface area contributed by atoms with Crippen molar-refractivity contribution in [3.63, 3.8) is 0 Å². The molecule has 0 amide bonds. The van der Waals surface area contributed by atoms with Gasteiger partial charge in [-0.3, -0.25) is 0 Å². The van der Waals surface area contributed by atoms with Gasteiger partial charge < -0.3 is 5.11 Å². The van der Waals surface area contributed by atoms with Crippen molar-refractivity contribution in [2.24, 2.45) is 0 Å². The number of thiazole rings is 1. The second kappa shape index (κ2) is 6.53. The van der Waals surface area contributed by atoms with Crippen LogP contribution in [-0.4, -0.2) is 31.1 Å². The highest BCUT2D eigenvalue weighted by atomic mass is 32.1. The summed E-state index contributed by atoms with van der Waals surface area (Å²) in [6, 6.07) is 15.7. The number of carboxylic acids is 1. The third-order valence-corrected chi connectivity index (χ3v) is 4.96. The Bertz CT molecular complexity index is 1080. The van der Waals surface area contributed by atoms with Gasteiger partial charge in [-0.15, -0.1) is 16.4 Å². The first kappa shape index (κ1) is 16.2. The molecule has 0 aliphatic rings. The van der Waals surface area contributed by atoms with Gasteiger partial charge in [0.15, 0.2) is 5.69 Å². The van der Waals surface area contributed by atoms with Crippen molar-refractivity contribution >= 4 is 17.3 Å². The van der Waals surface area contributed by atoms with E-state index in [0.29, 0.717) is 5.69 Å². The number of hydrogen-bond acceptors (Lipinski definition) is 5. The maximum atomic E-state index is 11.2. The molecule has 7 heteroatoms. The Morgan fingerprint density at radius 1 is 1.08 bits per heavy atom. The normalized spacial score (nSPS) is 10.8. The van der Waals surface area contributed by atoms with E-state index >= 15 is 0 Å². The van der Waals surface area contributed by atoms with Gasteiger partial charge in [-0.25, -0.2) is 14.5 Å². The first-order chi connectivity index (χ1) is 12.6. The number of carboxylic acid groups (broad SMARTS) is 1. The van der Waals surface area contributed by atoms with Crippen LogP contribution in [0.2, 0.25) is 0 Å². The lowest BCUT2D eigenvalue weighted by Crippen LogP contribution is -2.07. The smallest absolute Gasteiger partial charge is 0.356 e. The highest BCUT2D eigenvalue weighted by Gasteiger charge is 2.14. The lowest BCUT2D eigenvalue weighted by Gasteiger charge is -2.09. The Balaban J connectivity index is 1.75. The first-order valence-corrected chi connectivity index (χ1v) is 8.78. The summed E-state index contributed by atoms with van der Waals surface area (Å²) in [7, 11) is 0. The number of hydrogen-bond donors (Lipinski definition) is 1. The third kappa shape index (κ3) is 2.89. The summed E-state index contributed by atoms with van der Waals surface area (Å²) in [5.41, 5.74) is 4.84. The van der Waals surface area contributed by atoms with Crippen LogP contribution >= 0.6 is 11.3 Å². The highest BCUT2D eigenvalue weighted by Crippen LogP contribution is 2.34. The van der Waals surface area contributed by atoms with E-state index in [1.54, 1.807) is 11.3 Å². The van der Waals surface area contributed by atoms with Crippen molar-refractivity contribution in [3.8, 4) is 27.4 Å². The second-order valence-electron chi connectivity index (χ2n) is 5.72. The molecule has 0 fully saturated rings. The lowest BCUT2D eigenvalue weighted by atomic mass is 10.00. The van der Waals surface area contributed by atoms with Crippen LogP contribution in [0.15, 0.2) is 60.1 Å². The van der Waals surface area contributed by atoms with Gasteiger partial charge in [0, 0.05) is 16.6 Å². The second-order valence-corrected chi connectivity index (χ2v) is 6.58. The van der Waals surface area contributed by atoms with Crippen LogP contribution in [0.3, 0.4) is 0 Å². The molecule has 6 nitrogen and oxygen atoms in total. The van der Waals surface area contributed by atoms with Crippen molar-refractivity contribution in [2.75, 3.05) is 0 Å². The molecule has 2 aromatic carbocycles. The minimum atomic E-state index is -1.07. The van der Waals surface area contributed by atoms with Gasteiger partial charge in [-0.1, -0.05) is 41.6 Å². The average molecular weight is 362 g/mol. The third-order valence-electron chi connectivity index (χ3n) is 3.97. The topological polar surface area (TPSA) is 80.9 Å². The fraction of sp³-hybridized carbons (Fsp3) is 0.0526. The number of aromatic carboxylic acids is 1. The number of aromatic nitrogens is 4. The maximum absolute atomic E-state index is 11.2. The van der Waals surface area contributed by atoms with E-state index in [9.17, 15) is 9.90 Å². The van der Waals surface area contributed by atoms with Gasteiger partial charge in [0.2, 0.25) is 0 Å².